The lowest BCUT2D eigenvalue weighted by atomic mass is 9.97. The van der Waals surface area contributed by atoms with E-state index in [2.05, 4.69) is 40.5 Å². The summed E-state index contributed by atoms with van der Waals surface area (Å²) < 4.78 is 1.27. The first-order chi connectivity index (χ1) is 13.2. The Labute approximate surface area is 164 Å². The number of nitrogens with one attached hydrogen (secondary N) is 1. The largest absolute Gasteiger partial charge is 0.348 e. The lowest BCUT2D eigenvalue weighted by Crippen LogP contribution is -2.41. The van der Waals surface area contributed by atoms with Crippen molar-refractivity contribution in [2.45, 2.75) is 31.7 Å². The summed E-state index contributed by atoms with van der Waals surface area (Å²) in [6.45, 7) is 4.41. The number of likely N-dealkylation sites (tertiary alicyclic amines) is 1. The fourth-order valence-corrected chi connectivity index (χ4v) is 4.85. The van der Waals surface area contributed by atoms with Crippen LogP contribution in [-0.2, 0) is 4.79 Å². The number of hydrogen-bond acceptors (Lipinski definition) is 4. The van der Waals surface area contributed by atoms with Crippen molar-refractivity contribution >= 4 is 27.5 Å². The first-order valence-electron chi connectivity index (χ1n) is 9.61. The summed E-state index contributed by atoms with van der Waals surface area (Å²) in [5.41, 5.74) is 2.25. The molecule has 3 aromatic rings. The number of thiazole rings is 1. The minimum absolute atomic E-state index is 0.0407. The van der Waals surface area contributed by atoms with E-state index in [1.807, 2.05) is 42.5 Å². The molecule has 27 heavy (non-hydrogen) atoms. The summed E-state index contributed by atoms with van der Waals surface area (Å²) in [5, 5.41) is 4.36. The van der Waals surface area contributed by atoms with Crippen LogP contribution >= 0.6 is 11.3 Å². The molecule has 0 saturated carbocycles. The van der Waals surface area contributed by atoms with E-state index in [0.717, 1.165) is 37.0 Å². The number of amides is 1. The average Bonchev–Trinajstić information content (AvgIpc) is 3.13. The van der Waals surface area contributed by atoms with Crippen LogP contribution in [0.1, 0.15) is 42.3 Å². The quantitative estimate of drug-likeness (QED) is 0.717. The van der Waals surface area contributed by atoms with Crippen LogP contribution in [0.2, 0.25) is 0 Å². The van der Waals surface area contributed by atoms with Crippen LogP contribution in [0.3, 0.4) is 0 Å². The number of para-hydroxylation sites is 1. The first-order valence-corrected chi connectivity index (χ1v) is 10.4. The van der Waals surface area contributed by atoms with Gasteiger partial charge in [-0.25, -0.2) is 4.98 Å². The second-order valence-electron chi connectivity index (χ2n) is 7.27. The molecular weight excluding hydrogens is 354 g/mol. The van der Waals surface area contributed by atoms with Gasteiger partial charge in [0.2, 0.25) is 5.91 Å². The lowest BCUT2D eigenvalue weighted by Gasteiger charge is -2.30. The Morgan fingerprint density at radius 3 is 2.59 bits per heavy atom. The number of fused-ring (bicyclic) bond motifs is 1. The van der Waals surface area contributed by atoms with Crippen molar-refractivity contribution in [1.82, 2.24) is 15.2 Å². The molecule has 0 unspecified atom stereocenters. The second-order valence-corrected chi connectivity index (χ2v) is 8.33. The predicted molar refractivity (Wildman–Crippen MR) is 111 cm³/mol. The Kier molecular flexibility index (Phi) is 5.50. The van der Waals surface area contributed by atoms with Crippen LogP contribution in [-0.4, -0.2) is 35.4 Å². The second kappa shape index (κ2) is 8.19. The third-order valence-corrected chi connectivity index (χ3v) is 6.49. The molecule has 1 amide bonds. The van der Waals surface area contributed by atoms with Gasteiger partial charge in [0.25, 0.3) is 0 Å². The SMILES string of the molecule is C[C@@H](NC(=O)CN1CCC(c2nc3ccccc3s2)CC1)c1ccccc1. The molecule has 0 radical (unpaired) electrons. The van der Waals surface area contributed by atoms with Gasteiger partial charge in [0.1, 0.15) is 0 Å². The van der Waals surface area contributed by atoms with Gasteiger partial charge < -0.3 is 5.32 Å². The van der Waals surface area contributed by atoms with E-state index >= 15 is 0 Å². The number of piperidine rings is 1. The minimum atomic E-state index is 0.0407. The molecule has 140 valence electrons. The molecule has 1 fully saturated rings. The highest BCUT2D eigenvalue weighted by atomic mass is 32.1. The van der Waals surface area contributed by atoms with Crippen molar-refractivity contribution < 1.29 is 4.79 Å². The Hall–Kier alpha value is -2.24. The predicted octanol–water partition coefficient (Wildman–Crippen LogP) is 4.35. The molecule has 1 aliphatic heterocycles. The zero-order valence-electron chi connectivity index (χ0n) is 15.6. The fourth-order valence-electron chi connectivity index (χ4n) is 3.72. The Morgan fingerprint density at radius 1 is 1.15 bits per heavy atom. The topological polar surface area (TPSA) is 45.2 Å². The maximum atomic E-state index is 12.4. The maximum absolute atomic E-state index is 12.4. The standard InChI is InChI=1S/C22H25N3OS/c1-16(17-7-3-2-4-8-17)23-21(26)15-25-13-11-18(12-14-25)22-24-19-9-5-6-10-20(19)27-22/h2-10,16,18H,11-15H2,1H3,(H,23,26)/t16-/m1/s1. The molecule has 4 nitrogen and oxygen atoms in total. The lowest BCUT2D eigenvalue weighted by molar-refractivity contribution is -0.123. The summed E-state index contributed by atoms with van der Waals surface area (Å²) in [5.74, 6) is 0.620. The van der Waals surface area contributed by atoms with Crippen LogP contribution < -0.4 is 5.32 Å². The van der Waals surface area contributed by atoms with E-state index in [1.54, 1.807) is 0 Å². The monoisotopic (exact) mass is 379 g/mol. The molecule has 5 heteroatoms. The summed E-state index contributed by atoms with van der Waals surface area (Å²) in [6.07, 6.45) is 2.14. The van der Waals surface area contributed by atoms with Crippen LogP contribution in [0.4, 0.5) is 0 Å². The highest BCUT2D eigenvalue weighted by Crippen LogP contribution is 2.33. The third-order valence-electron chi connectivity index (χ3n) is 5.29. The van der Waals surface area contributed by atoms with Crippen LogP contribution in [0.15, 0.2) is 54.6 Å². The molecule has 1 saturated heterocycles. The Bertz CT molecular complexity index is 867. The number of benzene rings is 2. The minimum Gasteiger partial charge on any atom is -0.348 e. The first kappa shape index (κ1) is 18.1. The number of nitrogens with zero attached hydrogens (tertiary/aromatic N) is 2. The van der Waals surface area contributed by atoms with Gasteiger partial charge in [-0.15, -0.1) is 11.3 Å². The smallest absolute Gasteiger partial charge is 0.234 e. The number of aromatic nitrogens is 1. The third kappa shape index (κ3) is 4.37. The molecule has 2 aromatic carbocycles. The van der Waals surface area contributed by atoms with Crippen molar-refractivity contribution in [2.24, 2.45) is 0 Å². The summed E-state index contributed by atoms with van der Waals surface area (Å²) >= 11 is 1.82. The van der Waals surface area contributed by atoms with Gasteiger partial charge in [-0.05, 0) is 50.6 Å². The van der Waals surface area contributed by atoms with E-state index in [9.17, 15) is 4.79 Å². The van der Waals surface area contributed by atoms with E-state index < -0.39 is 0 Å². The van der Waals surface area contributed by atoms with Gasteiger partial charge in [-0.1, -0.05) is 42.5 Å². The molecular formula is C22H25N3OS. The van der Waals surface area contributed by atoms with Gasteiger partial charge in [-0.3, -0.25) is 9.69 Å². The zero-order chi connectivity index (χ0) is 18.6. The zero-order valence-corrected chi connectivity index (χ0v) is 16.4. The summed E-state index contributed by atoms with van der Waals surface area (Å²) in [4.78, 5) is 19.5. The molecule has 0 spiro atoms. The molecule has 2 heterocycles. The van der Waals surface area contributed by atoms with Gasteiger partial charge in [0, 0.05) is 5.92 Å². The van der Waals surface area contributed by atoms with Crippen LogP contribution in [0.25, 0.3) is 10.2 Å². The van der Waals surface area contributed by atoms with Crippen LogP contribution in [0, 0.1) is 0 Å². The number of hydrogen-bond donors (Lipinski definition) is 1. The Morgan fingerprint density at radius 2 is 1.85 bits per heavy atom. The molecule has 1 atom stereocenters. The average molecular weight is 380 g/mol. The van der Waals surface area contributed by atoms with E-state index in [4.69, 9.17) is 4.98 Å². The number of rotatable bonds is 5. The number of carbonyl (C=O) groups excluding carboxylic acids is 1. The van der Waals surface area contributed by atoms with E-state index in [1.165, 1.54) is 9.71 Å². The Balaban J connectivity index is 1.28. The summed E-state index contributed by atoms with van der Waals surface area (Å²) in [7, 11) is 0. The van der Waals surface area contributed by atoms with E-state index in [-0.39, 0.29) is 11.9 Å². The molecule has 4 rings (SSSR count). The van der Waals surface area contributed by atoms with E-state index in [0.29, 0.717) is 12.5 Å². The number of carbonyl (C=O) groups is 1. The fraction of sp³-hybridized carbons (Fsp3) is 0.364. The maximum Gasteiger partial charge on any atom is 0.234 e. The molecule has 0 aliphatic carbocycles. The summed E-state index contributed by atoms with van der Waals surface area (Å²) in [6, 6.07) is 18.5. The normalized spacial score (nSPS) is 17.1. The highest BCUT2D eigenvalue weighted by molar-refractivity contribution is 7.18. The van der Waals surface area contributed by atoms with Gasteiger partial charge >= 0.3 is 0 Å². The molecule has 0 bridgehead atoms. The van der Waals surface area contributed by atoms with Crippen LogP contribution in [0.5, 0.6) is 0 Å². The highest BCUT2D eigenvalue weighted by Gasteiger charge is 2.24. The molecule has 1 aliphatic rings. The molecule has 1 aromatic heterocycles. The van der Waals surface area contributed by atoms with Gasteiger partial charge in [0.05, 0.1) is 27.8 Å². The van der Waals surface area contributed by atoms with Crippen molar-refractivity contribution in [3.63, 3.8) is 0 Å². The van der Waals surface area contributed by atoms with Crippen molar-refractivity contribution in [3.05, 3.63) is 65.2 Å². The van der Waals surface area contributed by atoms with Crippen molar-refractivity contribution in [1.29, 1.82) is 0 Å². The molecule has 1 N–H and O–H groups in total. The van der Waals surface area contributed by atoms with Gasteiger partial charge in [-0.2, -0.15) is 0 Å². The van der Waals surface area contributed by atoms with Crippen molar-refractivity contribution in [2.75, 3.05) is 19.6 Å². The van der Waals surface area contributed by atoms with Gasteiger partial charge in [0.15, 0.2) is 0 Å². The van der Waals surface area contributed by atoms with Crippen molar-refractivity contribution in [3.8, 4) is 0 Å².